The normalized spacial score (nSPS) is 11.7. The Morgan fingerprint density at radius 2 is 2.04 bits per heavy atom. The smallest absolute Gasteiger partial charge is 0.342 e. The Hall–Kier alpha value is -2.40. The van der Waals surface area contributed by atoms with Crippen LogP contribution >= 0.6 is 11.6 Å². The van der Waals surface area contributed by atoms with Crippen molar-refractivity contribution in [2.45, 2.75) is 33.3 Å². The number of nitrogens with zero attached hydrogens (tertiary/aromatic N) is 1. The highest BCUT2D eigenvalue weighted by Gasteiger charge is 2.22. The van der Waals surface area contributed by atoms with Gasteiger partial charge in [0.2, 0.25) is 0 Å². The number of anilines is 1. The van der Waals surface area contributed by atoms with Gasteiger partial charge in [-0.25, -0.2) is 9.78 Å². The Morgan fingerprint density at radius 1 is 1.29 bits per heavy atom. The molecular formula is C18H19ClN2O3. The lowest BCUT2D eigenvalue weighted by atomic mass is 10.1. The second kappa shape index (κ2) is 7.93. The van der Waals surface area contributed by atoms with Crippen molar-refractivity contribution < 1.29 is 14.3 Å². The summed E-state index contributed by atoms with van der Waals surface area (Å²) in [5.41, 5.74) is 2.87. The fourth-order valence-corrected chi connectivity index (χ4v) is 2.44. The lowest BCUT2D eigenvalue weighted by molar-refractivity contribution is -0.123. The van der Waals surface area contributed by atoms with Gasteiger partial charge in [0.1, 0.15) is 5.15 Å². The van der Waals surface area contributed by atoms with Gasteiger partial charge >= 0.3 is 5.97 Å². The number of nitrogens with one attached hydrogen (secondary N) is 1. The minimum Gasteiger partial charge on any atom is -0.449 e. The summed E-state index contributed by atoms with van der Waals surface area (Å²) in [5, 5.41) is 2.88. The monoisotopic (exact) mass is 346 g/mol. The van der Waals surface area contributed by atoms with Gasteiger partial charge in [-0.3, -0.25) is 4.79 Å². The average molecular weight is 347 g/mol. The number of halogens is 1. The number of aryl methyl sites for hydroxylation is 2. The Labute approximate surface area is 146 Å². The average Bonchev–Trinajstić information content (AvgIpc) is 2.56. The molecule has 0 aliphatic heterocycles. The van der Waals surface area contributed by atoms with Gasteiger partial charge in [-0.2, -0.15) is 0 Å². The fraction of sp³-hybridized carbons (Fsp3) is 0.278. The number of amides is 1. The molecular weight excluding hydrogens is 328 g/mol. The van der Waals surface area contributed by atoms with E-state index in [9.17, 15) is 9.59 Å². The van der Waals surface area contributed by atoms with Gasteiger partial charge in [-0.1, -0.05) is 36.7 Å². The van der Waals surface area contributed by atoms with Crippen LogP contribution in [0.3, 0.4) is 0 Å². The highest BCUT2D eigenvalue weighted by atomic mass is 35.5. The quantitative estimate of drug-likeness (QED) is 0.660. The molecule has 1 aromatic heterocycles. The van der Waals surface area contributed by atoms with Crippen molar-refractivity contribution in [2.75, 3.05) is 5.32 Å². The van der Waals surface area contributed by atoms with Gasteiger partial charge in [-0.15, -0.1) is 0 Å². The number of ether oxygens (including phenoxy) is 1. The topological polar surface area (TPSA) is 68.3 Å². The van der Waals surface area contributed by atoms with E-state index in [2.05, 4.69) is 10.3 Å². The van der Waals surface area contributed by atoms with Crippen molar-refractivity contribution in [1.29, 1.82) is 0 Å². The zero-order chi connectivity index (χ0) is 17.7. The molecule has 1 aromatic carbocycles. The summed E-state index contributed by atoms with van der Waals surface area (Å²) in [6.45, 7) is 5.44. The van der Waals surface area contributed by atoms with E-state index in [4.69, 9.17) is 16.3 Å². The van der Waals surface area contributed by atoms with Crippen LogP contribution in [0.15, 0.2) is 36.5 Å². The van der Waals surface area contributed by atoms with E-state index in [0.717, 1.165) is 23.2 Å². The first-order valence-electron chi connectivity index (χ1n) is 7.64. The van der Waals surface area contributed by atoms with Crippen LogP contribution < -0.4 is 5.32 Å². The molecule has 6 heteroatoms. The number of rotatable bonds is 5. The number of benzene rings is 1. The third-order valence-electron chi connectivity index (χ3n) is 3.62. The first-order valence-corrected chi connectivity index (χ1v) is 8.02. The Morgan fingerprint density at radius 3 is 2.71 bits per heavy atom. The van der Waals surface area contributed by atoms with Crippen molar-refractivity contribution in [1.82, 2.24) is 4.98 Å². The molecule has 0 aliphatic rings. The molecule has 0 fully saturated rings. The number of carbonyl (C=O) groups excluding carboxylic acids is 2. The maximum Gasteiger partial charge on any atom is 0.342 e. The summed E-state index contributed by atoms with van der Waals surface area (Å²) in [5.74, 6) is -1.08. The highest BCUT2D eigenvalue weighted by Crippen LogP contribution is 2.21. The largest absolute Gasteiger partial charge is 0.449 e. The van der Waals surface area contributed by atoms with Crippen molar-refractivity contribution in [2.24, 2.45) is 0 Å². The van der Waals surface area contributed by atoms with E-state index in [-0.39, 0.29) is 10.7 Å². The second-order valence-electron chi connectivity index (χ2n) is 5.34. The number of carbonyl (C=O) groups is 2. The maximum absolute atomic E-state index is 12.3. The van der Waals surface area contributed by atoms with E-state index in [1.54, 1.807) is 6.07 Å². The predicted octanol–water partition coefficient (Wildman–Crippen LogP) is 3.79. The SMILES string of the molecule is CCc1cccc(C)c1NC(=O)C(C)OC(=O)c1cccnc1Cl. The first-order chi connectivity index (χ1) is 11.4. The molecule has 1 unspecified atom stereocenters. The summed E-state index contributed by atoms with van der Waals surface area (Å²) in [6.07, 6.45) is 1.30. The van der Waals surface area contributed by atoms with Crippen LogP contribution in [0.5, 0.6) is 0 Å². The van der Waals surface area contributed by atoms with Crippen molar-refractivity contribution in [3.8, 4) is 0 Å². The van der Waals surface area contributed by atoms with Crippen LogP contribution in [0.25, 0.3) is 0 Å². The molecule has 1 N–H and O–H groups in total. The summed E-state index contributed by atoms with van der Waals surface area (Å²) >= 11 is 5.86. The van der Waals surface area contributed by atoms with E-state index in [0.29, 0.717) is 0 Å². The number of hydrogen-bond acceptors (Lipinski definition) is 4. The van der Waals surface area contributed by atoms with Crippen LogP contribution in [0, 0.1) is 6.92 Å². The molecule has 5 nitrogen and oxygen atoms in total. The van der Waals surface area contributed by atoms with Gasteiger partial charge in [0.25, 0.3) is 5.91 Å². The highest BCUT2D eigenvalue weighted by molar-refractivity contribution is 6.32. The van der Waals surface area contributed by atoms with E-state index >= 15 is 0 Å². The van der Waals surface area contributed by atoms with Crippen molar-refractivity contribution >= 4 is 29.2 Å². The van der Waals surface area contributed by atoms with Crippen LogP contribution in [0.2, 0.25) is 5.15 Å². The van der Waals surface area contributed by atoms with Gasteiger partial charge in [0.15, 0.2) is 6.10 Å². The molecule has 1 heterocycles. The molecule has 0 saturated carbocycles. The van der Waals surface area contributed by atoms with Crippen LogP contribution in [-0.2, 0) is 16.0 Å². The summed E-state index contributed by atoms with van der Waals surface area (Å²) in [7, 11) is 0. The summed E-state index contributed by atoms with van der Waals surface area (Å²) < 4.78 is 5.19. The van der Waals surface area contributed by atoms with Gasteiger partial charge in [-0.05, 0) is 43.5 Å². The van der Waals surface area contributed by atoms with E-state index < -0.39 is 18.0 Å². The van der Waals surface area contributed by atoms with Gasteiger partial charge in [0.05, 0.1) is 5.56 Å². The first kappa shape index (κ1) is 17.9. The van der Waals surface area contributed by atoms with E-state index in [1.807, 2.05) is 32.0 Å². The molecule has 24 heavy (non-hydrogen) atoms. The van der Waals surface area contributed by atoms with Gasteiger partial charge < -0.3 is 10.1 Å². The lowest BCUT2D eigenvalue weighted by Gasteiger charge is -2.17. The number of aromatic nitrogens is 1. The Kier molecular flexibility index (Phi) is 5.93. The number of hydrogen-bond donors (Lipinski definition) is 1. The fourth-order valence-electron chi connectivity index (χ4n) is 2.24. The van der Waals surface area contributed by atoms with Crippen molar-refractivity contribution in [3.05, 3.63) is 58.4 Å². The third kappa shape index (κ3) is 4.11. The zero-order valence-electron chi connectivity index (χ0n) is 13.8. The number of para-hydroxylation sites is 1. The summed E-state index contributed by atoms with van der Waals surface area (Å²) in [6, 6.07) is 8.89. The minimum atomic E-state index is -0.960. The molecule has 0 aliphatic carbocycles. The predicted molar refractivity (Wildman–Crippen MR) is 93.3 cm³/mol. The number of esters is 1. The van der Waals surface area contributed by atoms with Gasteiger partial charge in [0, 0.05) is 11.9 Å². The summed E-state index contributed by atoms with van der Waals surface area (Å²) in [4.78, 5) is 28.3. The Balaban J connectivity index is 2.08. The maximum atomic E-state index is 12.3. The van der Waals surface area contributed by atoms with Crippen LogP contribution in [0.1, 0.15) is 35.3 Å². The van der Waals surface area contributed by atoms with Crippen molar-refractivity contribution in [3.63, 3.8) is 0 Å². The van der Waals surface area contributed by atoms with E-state index in [1.165, 1.54) is 19.2 Å². The standard InChI is InChI=1S/C18H19ClN2O3/c1-4-13-8-5-7-11(2)15(13)21-17(22)12(3)24-18(23)14-9-6-10-20-16(14)19/h5-10,12H,4H2,1-3H3,(H,21,22). The lowest BCUT2D eigenvalue weighted by Crippen LogP contribution is -2.30. The molecule has 0 saturated heterocycles. The minimum absolute atomic E-state index is 0.0438. The molecule has 1 amide bonds. The molecule has 0 spiro atoms. The molecule has 2 rings (SSSR count). The number of pyridine rings is 1. The molecule has 0 bridgehead atoms. The zero-order valence-corrected chi connectivity index (χ0v) is 14.6. The second-order valence-corrected chi connectivity index (χ2v) is 5.70. The molecule has 0 radical (unpaired) electrons. The molecule has 1 atom stereocenters. The molecule has 126 valence electrons. The molecule has 2 aromatic rings. The third-order valence-corrected chi connectivity index (χ3v) is 3.92. The Bertz CT molecular complexity index is 762. The van der Waals surface area contributed by atoms with Crippen LogP contribution in [0.4, 0.5) is 5.69 Å². The van der Waals surface area contributed by atoms with Crippen LogP contribution in [-0.4, -0.2) is 23.0 Å².